The van der Waals surface area contributed by atoms with Crippen LogP contribution in [0.3, 0.4) is 0 Å². The fourth-order valence-electron chi connectivity index (χ4n) is 8.40. The van der Waals surface area contributed by atoms with Gasteiger partial charge in [0.1, 0.15) is 11.7 Å². The summed E-state index contributed by atoms with van der Waals surface area (Å²) in [5.74, 6) is -1.22. The van der Waals surface area contributed by atoms with Crippen LogP contribution >= 0.6 is 0 Å². The molecular formula is C28H43FN4O4. The third-order valence-electron chi connectivity index (χ3n) is 10.4. The number of hydrogen-bond donors (Lipinski definition) is 2. The Hall–Kier alpha value is -1.55. The highest BCUT2D eigenvalue weighted by Gasteiger charge is 2.60. The van der Waals surface area contributed by atoms with E-state index in [0.29, 0.717) is 18.4 Å². The number of halogens is 1. The van der Waals surface area contributed by atoms with Crippen LogP contribution < -0.4 is 5.32 Å². The lowest BCUT2D eigenvalue weighted by atomic mass is 9.64. The van der Waals surface area contributed by atoms with Crippen LogP contribution in [0.5, 0.6) is 0 Å². The summed E-state index contributed by atoms with van der Waals surface area (Å²) in [7, 11) is 2.15. The molecule has 3 aliphatic carbocycles. The number of ether oxygens (including phenoxy) is 1. The number of nitrogens with one attached hydrogen (secondary N) is 1. The van der Waals surface area contributed by atoms with E-state index in [1.807, 2.05) is 0 Å². The van der Waals surface area contributed by atoms with Gasteiger partial charge >= 0.3 is 5.97 Å². The maximum absolute atomic E-state index is 15.8. The first-order valence-corrected chi connectivity index (χ1v) is 14.6. The fourth-order valence-corrected chi connectivity index (χ4v) is 8.40. The molecule has 0 aromatic heterocycles. The highest BCUT2D eigenvalue weighted by atomic mass is 19.1. The minimum absolute atomic E-state index is 0.0274. The highest BCUT2D eigenvalue weighted by molar-refractivity contribution is 6.18. The number of fused-ring (bicyclic) bond motifs is 4. The molecule has 2 saturated heterocycles. The van der Waals surface area contributed by atoms with E-state index in [1.54, 1.807) is 6.20 Å². The van der Waals surface area contributed by atoms with Gasteiger partial charge in [-0.25, -0.2) is 9.18 Å². The minimum Gasteiger partial charge on any atom is -0.478 e. The van der Waals surface area contributed by atoms with Crippen molar-refractivity contribution in [3.05, 3.63) is 11.8 Å². The summed E-state index contributed by atoms with van der Waals surface area (Å²) >= 11 is 0. The molecule has 3 aliphatic heterocycles. The summed E-state index contributed by atoms with van der Waals surface area (Å²) in [6.07, 6.45) is 7.76. The van der Waals surface area contributed by atoms with E-state index in [2.05, 4.69) is 27.1 Å². The van der Waals surface area contributed by atoms with Crippen molar-refractivity contribution in [2.75, 3.05) is 46.3 Å². The third-order valence-corrected chi connectivity index (χ3v) is 10.4. The number of Topliss-reactive ketones (excluding diaryl/α,β-unsaturated/α-hetero) is 1. The zero-order valence-electron chi connectivity index (χ0n) is 22.1. The van der Waals surface area contributed by atoms with Gasteiger partial charge in [0.05, 0.1) is 30.3 Å². The van der Waals surface area contributed by atoms with Crippen LogP contribution in [0.4, 0.5) is 4.39 Å². The van der Waals surface area contributed by atoms with Crippen LogP contribution in [0.1, 0.15) is 51.4 Å². The normalized spacial score (nSPS) is 42.4. The Morgan fingerprint density at radius 2 is 1.92 bits per heavy atom. The molecule has 9 unspecified atom stereocenters. The molecular weight excluding hydrogens is 475 g/mol. The quantitative estimate of drug-likeness (QED) is 0.408. The average Bonchev–Trinajstić information content (AvgIpc) is 2.90. The number of piperazine rings is 1. The standard InChI is InChI=1S/C28H43FN4O4/c1-31-11-13-32(14-12-31)10-4-9-30-23-21(29)15-19-24-27(23)37-26-18-6-3-2-5-17(18)7-8-22(26)33(24)16-20(25(19)34)28(35)36/h16-19,21-24,26-27,30H,2-15H2,1H3,(H,35,36). The van der Waals surface area contributed by atoms with Gasteiger partial charge in [-0.1, -0.05) is 19.3 Å². The van der Waals surface area contributed by atoms with Crippen LogP contribution in [0.2, 0.25) is 0 Å². The van der Waals surface area contributed by atoms with Crippen molar-refractivity contribution >= 4 is 11.8 Å². The number of rotatable bonds is 6. The van der Waals surface area contributed by atoms with Gasteiger partial charge in [-0.15, -0.1) is 0 Å². The van der Waals surface area contributed by atoms with E-state index in [4.69, 9.17) is 4.74 Å². The second-order valence-corrected chi connectivity index (χ2v) is 12.4. The second kappa shape index (κ2) is 10.5. The first-order chi connectivity index (χ1) is 17.9. The molecule has 9 heteroatoms. The lowest BCUT2D eigenvalue weighted by Gasteiger charge is -2.61. The van der Waals surface area contributed by atoms with E-state index in [1.165, 1.54) is 19.3 Å². The Labute approximate surface area is 219 Å². The number of carboxylic acids is 1. The highest BCUT2D eigenvalue weighted by Crippen LogP contribution is 2.50. The summed E-state index contributed by atoms with van der Waals surface area (Å²) in [5, 5.41) is 13.3. The summed E-state index contributed by atoms with van der Waals surface area (Å²) in [5.41, 5.74) is -0.183. The number of morpholine rings is 1. The smallest absolute Gasteiger partial charge is 0.340 e. The van der Waals surface area contributed by atoms with Crippen molar-refractivity contribution in [3.63, 3.8) is 0 Å². The first-order valence-electron chi connectivity index (χ1n) is 14.6. The van der Waals surface area contributed by atoms with E-state index in [0.717, 1.165) is 58.4 Å². The zero-order valence-corrected chi connectivity index (χ0v) is 22.1. The third kappa shape index (κ3) is 4.74. The monoisotopic (exact) mass is 518 g/mol. The second-order valence-electron chi connectivity index (χ2n) is 12.4. The summed E-state index contributed by atoms with van der Waals surface area (Å²) < 4.78 is 22.7. The van der Waals surface area contributed by atoms with Crippen LogP contribution in [0.15, 0.2) is 11.8 Å². The fraction of sp³-hybridized carbons (Fsp3) is 0.857. The number of aliphatic carboxylic acids is 1. The Balaban J connectivity index is 1.21. The maximum Gasteiger partial charge on any atom is 0.340 e. The number of likely N-dealkylation sites (N-methyl/N-ethyl adjacent to an activating group) is 1. The molecule has 0 aromatic rings. The number of nitrogens with zero attached hydrogens (tertiary/aromatic N) is 3. The van der Waals surface area contributed by atoms with Crippen molar-refractivity contribution in [1.29, 1.82) is 0 Å². The summed E-state index contributed by atoms with van der Waals surface area (Å²) in [6, 6.07) is -0.701. The number of carbonyl (C=O) groups excluding carboxylic acids is 1. The van der Waals surface area contributed by atoms with E-state index < -0.39 is 36.0 Å². The topological polar surface area (TPSA) is 85.3 Å². The van der Waals surface area contributed by atoms with Crippen molar-refractivity contribution in [1.82, 2.24) is 20.0 Å². The largest absolute Gasteiger partial charge is 0.478 e. The van der Waals surface area contributed by atoms with Crippen molar-refractivity contribution in [2.24, 2.45) is 17.8 Å². The molecule has 37 heavy (non-hydrogen) atoms. The number of hydrogen-bond acceptors (Lipinski definition) is 7. The SMILES string of the molecule is CN1CCN(CCCNC2C(F)CC3C(=O)C(C(=O)O)=CN4C5CCC6CCCCC6C5OC2C34)CC1. The van der Waals surface area contributed by atoms with Crippen molar-refractivity contribution in [3.8, 4) is 0 Å². The lowest BCUT2D eigenvalue weighted by Crippen LogP contribution is -2.74. The number of alkyl halides is 1. The molecule has 0 bridgehead atoms. The van der Waals surface area contributed by atoms with Gasteiger partial charge in [0.2, 0.25) is 0 Å². The van der Waals surface area contributed by atoms with Gasteiger partial charge in [0.25, 0.3) is 0 Å². The molecule has 0 spiro atoms. The van der Waals surface area contributed by atoms with Crippen LogP contribution in [-0.4, -0.2) is 114 Å². The van der Waals surface area contributed by atoms with E-state index in [-0.39, 0.29) is 30.2 Å². The van der Waals surface area contributed by atoms with Crippen molar-refractivity contribution < 1.29 is 23.8 Å². The van der Waals surface area contributed by atoms with Gasteiger partial charge in [-0.2, -0.15) is 0 Å². The molecule has 2 N–H and O–H groups in total. The Morgan fingerprint density at radius 3 is 2.70 bits per heavy atom. The van der Waals surface area contributed by atoms with Gasteiger partial charge in [-0.3, -0.25) is 4.79 Å². The van der Waals surface area contributed by atoms with Gasteiger partial charge in [0, 0.05) is 38.3 Å². The van der Waals surface area contributed by atoms with Crippen LogP contribution in [0, 0.1) is 17.8 Å². The van der Waals surface area contributed by atoms with E-state index >= 15 is 4.39 Å². The number of ketones is 1. The average molecular weight is 519 g/mol. The van der Waals surface area contributed by atoms with Gasteiger partial charge in [-0.05, 0) is 64.1 Å². The number of carboxylic acid groups (broad SMARTS) is 1. The number of carbonyl (C=O) groups is 2. The lowest BCUT2D eigenvalue weighted by molar-refractivity contribution is -0.220. The molecule has 9 atom stereocenters. The molecule has 3 heterocycles. The van der Waals surface area contributed by atoms with Gasteiger partial charge < -0.3 is 29.9 Å². The Morgan fingerprint density at radius 1 is 1.14 bits per heavy atom. The summed E-state index contributed by atoms with van der Waals surface area (Å²) in [6.45, 7) is 6.01. The molecule has 8 nitrogen and oxygen atoms in total. The summed E-state index contributed by atoms with van der Waals surface area (Å²) in [4.78, 5) is 32.2. The molecule has 0 amide bonds. The van der Waals surface area contributed by atoms with Crippen molar-refractivity contribution in [2.45, 2.75) is 87.9 Å². The van der Waals surface area contributed by atoms with Crippen LogP contribution in [0.25, 0.3) is 0 Å². The molecule has 3 saturated carbocycles. The minimum atomic E-state index is -1.24. The molecule has 0 aromatic carbocycles. The Bertz CT molecular complexity index is 909. The maximum atomic E-state index is 15.8. The van der Waals surface area contributed by atoms with Crippen LogP contribution in [-0.2, 0) is 14.3 Å². The Kier molecular flexibility index (Phi) is 7.33. The van der Waals surface area contributed by atoms with Gasteiger partial charge in [0.15, 0.2) is 5.78 Å². The van der Waals surface area contributed by atoms with E-state index in [9.17, 15) is 14.7 Å². The molecule has 5 fully saturated rings. The predicted molar refractivity (Wildman–Crippen MR) is 137 cm³/mol. The molecule has 6 aliphatic rings. The molecule has 0 radical (unpaired) electrons. The molecule has 6 rings (SSSR count). The first kappa shape index (κ1) is 25.7. The predicted octanol–water partition coefficient (Wildman–Crippen LogP) is 1.90. The molecule has 206 valence electrons. The zero-order chi connectivity index (χ0) is 25.7.